The molecular formula is C19H23F3N2O5. The number of piperidine rings is 1. The number of hydrogen-bond donors (Lipinski definition) is 0. The number of benzene rings is 1. The van der Waals surface area contributed by atoms with Gasteiger partial charge >= 0.3 is 12.3 Å². The molecule has 1 heterocycles. The Balaban J connectivity index is 1.93. The maximum Gasteiger partial charge on any atom is 0.573 e. The summed E-state index contributed by atoms with van der Waals surface area (Å²) in [6.45, 7) is 2.50. The smallest absolute Gasteiger partial charge is 0.466 e. The SMILES string of the molecule is CCOC(=O)C1CCCN(C(=O)CN(C)C(=O)c2ccc(OC(F)(F)F)cc2)C1. The number of nitrogens with zero attached hydrogens (tertiary/aromatic N) is 2. The summed E-state index contributed by atoms with van der Waals surface area (Å²) in [5.74, 6) is -1.99. The summed E-state index contributed by atoms with van der Waals surface area (Å²) in [5.41, 5.74) is 0.123. The number of ether oxygens (including phenoxy) is 2. The Morgan fingerprint density at radius 1 is 1.21 bits per heavy atom. The van der Waals surface area contributed by atoms with Gasteiger partial charge in [-0.1, -0.05) is 0 Å². The molecule has 10 heteroatoms. The molecule has 1 aliphatic rings. The van der Waals surface area contributed by atoms with Gasteiger partial charge in [-0.15, -0.1) is 13.2 Å². The van der Waals surface area contributed by atoms with Crippen molar-refractivity contribution in [3.63, 3.8) is 0 Å². The van der Waals surface area contributed by atoms with E-state index in [1.54, 1.807) is 6.92 Å². The zero-order chi connectivity index (χ0) is 21.6. The number of likely N-dealkylation sites (tertiary alicyclic amines) is 1. The van der Waals surface area contributed by atoms with E-state index in [1.165, 1.54) is 29.0 Å². The summed E-state index contributed by atoms with van der Waals surface area (Å²) >= 11 is 0. The predicted octanol–water partition coefficient (Wildman–Crippen LogP) is 2.46. The first-order valence-electron chi connectivity index (χ1n) is 9.16. The van der Waals surface area contributed by atoms with Crippen LogP contribution in [-0.4, -0.2) is 67.2 Å². The number of hydrogen-bond acceptors (Lipinski definition) is 5. The van der Waals surface area contributed by atoms with Crippen molar-refractivity contribution in [2.75, 3.05) is 33.3 Å². The predicted molar refractivity (Wildman–Crippen MR) is 96.0 cm³/mol. The summed E-state index contributed by atoms with van der Waals surface area (Å²) in [6, 6.07) is 4.46. The number of rotatable bonds is 6. The standard InChI is InChI=1S/C19H23F3N2O5/c1-3-28-18(27)14-5-4-10-24(11-14)16(25)12-23(2)17(26)13-6-8-15(9-7-13)29-19(20,21)22/h6-9,14H,3-5,10-12H2,1-2H3. The van der Waals surface area contributed by atoms with E-state index in [1.807, 2.05) is 0 Å². The number of halogens is 3. The molecule has 0 bridgehead atoms. The molecule has 29 heavy (non-hydrogen) atoms. The van der Waals surface area contributed by atoms with E-state index in [0.29, 0.717) is 19.4 Å². The third kappa shape index (κ3) is 6.65. The number of alkyl halides is 3. The average molecular weight is 416 g/mol. The minimum Gasteiger partial charge on any atom is -0.466 e. The van der Waals surface area contributed by atoms with Gasteiger partial charge in [-0.05, 0) is 44.0 Å². The van der Waals surface area contributed by atoms with Gasteiger partial charge in [0.2, 0.25) is 5.91 Å². The Bertz CT molecular complexity index is 736. The van der Waals surface area contributed by atoms with E-state index < -0.39 is 18.0 Å². The lowest BCUT2D eigenvalue weighted by Gasteiger charge is -2.32. The zero-order valence-corrected chi connectivity index (χ0v) is 16.2. The highest BCUT2D eigenvalue weighted by Gasteiger charge is 2.32. The number of esters is 1. The van der Waals surface area contributed by atoms with Crippen molar-refractivity contribution in [3.8, 4) is 5.75 Å². The Morgan fingerprint density at radius 2 is 1.86 bits per heavy atom. The van der Waals surface area contributed by atoms with Gasteiger partial charge in [-0.25, -0.2) is 0 Å². The molecule has 1 aromatic carbocycles. The second-order valence-corrected chi connectivity index (χ2v) is 6.66. The van der Waals surface area contributed by atoms with Gasteiger partial charge in [0, 0.05) is 25.7 Å². The highest BCUT2D eigenvalue weighted by molar-refractivity contribution is 5.96. The molecule has 1 saturated heterocycles. The topological polar surface area (TPSA) is 76.2 Å². The fourth-order valence-electron chi connectivity index (χ4n) is 3.05. The Labute approximate surface area is 166 Å². The van der Waals surface area contributed by atoms with E-state index in [2.05, 4.69) is 4.74 Å². The lowest BCUT2D eigenvalue weighted by atomic mass is 9.98. The molecular weight excluding hydrogens is 393 g/mol. The highest BCUT2D eigenvalue weighted by atomic mass is 19.4. The maximum absolute atomic E-state index is 12.5. The van der Waals surface area contributed by atoms with Gasteiger partial charge in [0.25, 0.3) is 5.91 Å². The van der Waals surface area contributed by atoms with Crippen molar-refractivity contribution < 1.29 is 37.0 Å². The third-order valence-electron chi connectivity index (χ3n) is 4.45. The normalized spacial score (nSPS) is 16.9. The summed E-state index contributed by atoms with van der Waals surface area (Å²) in [4.78, 5) is 39.5. The summed E-state index contributed by atoms with van der Waals surface area (Å²) in [5, 5.41) is 0. The van der Waals surface area contributed by atoms with Crippen LogP contribution in [0.25, 0.3) is 0 Å². The molecule has 2 amide bonds. The zero-order valence-electron chi connectivity index (χ0n) is 16.2. The largest absolute Gasteiger partial charge is 0.573 e. The third-order valence-corrected chi connectivity index (χ3v) is 4.45. The summed E-state index contributed by atoms with van der Waals surface area (Å²) in [6.07, 6.45) is -3.51. The van der Waals surface area contributed by atoms with E-state index in [-0.39, 0.29) is 43.1 Å². The van der Waals surface area contributed by atoms with Crippen molar-refractivity contribution in [2.45, 2.75) is 26.1 Å². The van der Waals surface area contributed by atoms with Crippen LogP contribution >= 0.6 is 0 Å². The number of likely N-dealkylation sites (N-methyl/N-ethyl adjacent to an activating group) is 1. The quantitative estimate of drug-likeness (QED) is 0.666. The summed E-state index contributed by atoms with van der Waals surface area (Å²) < 4.78 is 45.4. The molecule has 0 spiro atoms. The van der Waals surface area contributed by atoms with Gasteiger partial charge in [0.05, 0.1) is 19.1 Å². The monoisotopic (exact) mass is 416 g/mol. The Hall–Kier alpha value is -2.78. The van der Waals surface area contributed by atoms with E-state index in [9.17, 15) is 27.6 Å². The molecule has 1 fully saturated rings. The molecule has 1 aromatic rings. The molecule has 0 radical (unpaired) electrons. The van der Waals surface area contributed by atoms with Crippen LogP contribution in [0.15, 0.2) is 24.3 Å². The fourth-order valence-corrected chi connectivity index (χ4v) is 3.05. The van der Waals surface area contributed by atoms with Gasteiger partial charge < -0.3 is 19.3 Å². The molecule has 0 N–H and O–H groups in total. The molecule has 160 valence electrons. The van der Waals surface area contributed by atoms with Crippen LogP contribution in [0.5, 0.6) is 5.75 Å². The molecule has 0 aromatic heterocycles. The summed E-state index contributed by atoms with van der Waals surface area (Å²) in [7, 11) is 1.42. The van der Waals surface area contributed by atoms with Crippen LogP contribution in [0.2, 0.25) is 0 Å². The second kappa shape index (κ2) is 9.62. The van der Waals surface area contributed by atoms with Crippen LogP contribution in [-0.2, 0) is 14.3 Å². The van der Waals surface area contributed by atoms with Crippen LogP contribution in [0, 0.1) is 5.92 Å². The molecule has 2 rings (SSSR count). The fraction of sp³-hybridized carbons (Fsp3) is 0.526. The van der Waals surface area contributed by atoms with Crippen molar-refractivity contribution in [1.82, 2.24) is 9.80 Å². The molecule has 1 unspecified atom stereocenters. The molecule has 1 atom stereocenters. The number of amides is 2. The van der Waals surface area contributed by atoms with E-state index in [0.717, 1.165) is 12.1 Å². The van der Waals surface area contributed by atoms with E-state index in [4.69, 9.17) is 4.74 Å². The number of carbonyl (C=O) groups excluding carboxylic acids is 3. The van der Waals surface area contributed by atoms with Crippen LogP contribution in [0.1, 0.15) is 30.1 Å². The molecule has 7 nitrogen and oxygen atoms in total. The van der Waals surface area contributed by atoms with E-state index >= 15 is 0 Å². The Morgan fingerprint density at radius 3 is 2.45 bits per heavy atom. The first kappa shape index (κ1) is 22.5. The van der Waals surface area contributed by atoms with Crippen LogP contribution < -0.4 is 4.74 Å². The first-order valence-corrected chi connectivity index (χ1v) is 9.16. The molecule has 1 aliphatic heterocycles. The van der Waals surface area contributed by atoms with Gasteiger partial charge in [-0.2, -0.15) is 0 Å². The highest BCUT2D eigenvalue weighted by Crippen LogP contribution is 2.23. The van der Waals surface area contributed by atoms with Crippen molar-refractivity contribution in [2.24, 2.45) is 5.92 Å². The minimum absolute atomic E-state index is 0.123. The van der Waals surface area contributed by atoms with Crippen molar-refractivity contribution in [1.29, 1.82) is 0 Å². The van der Waals surface area contributed by atoms with Crippen LogP contribution in [0.3, 0.4) is 0 Å². The average Bonchev–Trinajstić information content (AvgIpc) is 2.67. The molecule has 0 saturated carbocycles. The molecule has 0 aliphatic carbocycles. The minimum atomic E-state index is -4.81. The van der Waals surface area contributed by atoms with Crippen LogP contribution in [0.4, 0.5) is 13.2 Å². The van der Waals surface area contributed by atoms with Gasteiger partial charge in [0.15, 0.2) is 0 Å². The van der Waals surface area contributed by atoms with Gasteiger partial charge in [0.1, 0.15) is 5.75 Å². The van der Waals surface area contributed by atoms with Crippen molar-refractivity contribution in [3.05, 3.63) is 29.8 Å². The second-order valence-electron chi connectivity index (χ2n) is 6.66. The maximum atomic E-state index is 12.5. The number of carbonyl (C=O) groups is 3. The first-order chi connectivity index (χ1) is 13.6. The van der Waals surface area contributed by atoms with Crippen molar-refractivity contribution >= 4 is 17.8 Å². The van der Waals surface area contributed by atoms with Gasteiger partial charge in [-0.3, -0.25) is 14.4 Å². The Kier molecular flexibility index (Phi) is 7.46. The lowest BCUT2D eigenvalue weighted by Crippen LogP contribution is -2.47. The lowest BCUT2D eigenvalue weighted by molar-refractivity contribution is -0.274.